The van der Waals surface area contributed by atoms with Crippen molar-refractivity contribution in [3.63, 3.8) is 0 Å². The first-order valence-electron chi connectivity index (χ1n) is 11.3. The molecule has 0 saturated heterocycles. The number of hydrogen-bond donors (Lipinski definition) is 0. The number of rotatable bonds is 7. The Morgan fingerprint density at radius 3 is 2.28 bits per heavy atom. The van der Waals surface area contributed by atoms with Crippen LogP contribution in [0.5, 0.6) is 0 Å². The first-order valence-corrected chi connectivity index (χ1v) is 11.3. The van der Waals surface area contributed by atoms with Crippen LogP contribution in [0.15, 0.2) is 30.4 Å². The second kappa shape index (κ2) is 10.9. The number of allylic oxidation sites excluding steroid dienone is 2. The third-order valence-electron chi connectivity index (χ3n) is 6.92. The minimum absolute atomic E-state index is 0.0822. The molecule has 0 unspecified atom stereocenters. The molecule has 2 aliphatic carbocycles. The van der Waals surface area contributed by atoms with Gasteiger partial charge in [-0.15, -0.1) is 0 Å². The quantitative estimate of drug-likeness (QED) is 0.272. The van der Waals surface area contributed by atoms with Crippen LogP contribution < -0.4 is 0 Å². The van der Waals surface area contributed by atoms with Crippen LogP contribution in [-0.4, -0.2) is 12.1 Å². The summed E-state index contributed by atoms with van der Waals surface area (Å²) < 4.78 is 31.9. The summed E-state index contributed by atoms with van der Waals surface area (Å²) in [7, 11) is 0. The van der Waals surface area contributed by atoms with Gasteiger partial charge in [-0.05, 0) is 94.2 Å². The highest BCUT2D eigenvalue weighted by atomic mass is 19.2. The van der Waals surface area contributed by atoms with E-state index in [-0.39, 0.29) is 11.7 Å². The minimum atomic E-state index is -1.01. The minimum Gasteiger partial charge on any atom is -0.459 e. The average molecular weight is 405 g/mol. The van der Waals surface area contributed by atoms with Crippen molar-refractivity contribution in [3.8, 4) is 0 Å². The number of unbranched alkanes of at least 4 members (excludes halogenated alkanes) is 1. The second-order valence-electron chi connectivity index (χ2n) is 8.85. The Morgan fingerprint density at radius 2 is 1.66 bits per heavy atom. The molecule has 0 N–H and O–H groups in total. The summed E-state index contributed by atoms with van der Waals surface area (Å²) in [4.78, 5) is 12.2. The first-order chi connectivity index (χ1) is 14.1. The van der Waals surface area contributed by atoms with E-state index in [1.54, 1.807) is 0 Å². The normalized spacial score (nSPS) is 27.8. The maximum atomic E-state index is 13.3. The van der Waals surface area contributed by atoms with E-state index in [9.17, 15) is 13.6 Å². The highest BCUT2D eigenvalue weighted by Gasteiger charge is 2.32. The van der Waals surface area contributed by atoms with E-state index in [4.69, 9.17) is 4.74 Å². The van der Waals surface area contributed by atoms with Crippen molar-refractivity contribution in [2.24, 2.45) is 17.8 Å². The molecule has 0 bridgehead atoms. The molecule has 0 atom stereocenters. The highest BCUT2D eigenvalue weighted by molar-refractivity contribution is 5.89. The predicted molar refractivity (Wildman–Crippen MR) is 112 cm³/mol. The fourth-order valence-electron chi connectivity index (χ4n) is 5.16. The lowest BCUT2D eigenvalue weighted by Gasteiger charge is -2.37. The molecule has 0 aliphatic heterocycles. The van der Waals surface area contributed by atoms with Crippen LogP contribution in [0.3, 0.4) is 0 Å². The summed E-state index contributed by atoms with van der Waals surface area (Å²) >= 11 is 0. The molecule has 29 heavy (non-hydrogen) atoms. The summed E-state index contributed by atoms with van der Waals surface area (Å²) in [5.41, 5.74) is 0.0822. The summed E-state index contributed by atoms with van der Waals surface area (Å²) in [6.45, 7) is 2.09. The Morgan fingerprint density at radius 1 is 1.00 bits per heavy atom. The van der Waals surface area contributed by atoms with Crippen LogP contribution >= 0.6 is 0 Å². The molecule has 3 rings (SSSR count). The molecular formula is C25H34F2O2. The largest absolute Gasteiger partial charge is 0.459 e. The number of carbonyl (C=O) groups is 1. The monoisotopic (exact) mass is 404 g/mol. The van der Waals surface area contributed by atoms with E-state index in [1.807, 2.05) is 0 Å². The molecule has 2 saturated carbocycles. The van der Waals surface area contributed by atoms with Crippen LogP contribution in [0.1, 0.15) is 87.9 Å². The first kappa shape index (κ1) is 22.0. The Bertz CT molecular complexity index is 684. The van der Waals surface area contributed by atoms with E-state index >= 15 is 0 Å². The van der Waals surface area contributed by atoms with Gasteiger partial charge in [0.2, 0.25) is 0 Å². The van der Waals surface area contributed by atoms with Crippen molar-refractivity contribution in [2.45, 2.75) is 83.7 Å². The van der Waals surface area contributed by atoms with Crippen LogP contribution in [0.25, 0.3) is 0 Å². The van der Waals surface area contributed by atoms with Crippen molar-refractivity contribution in [3.05, 3.63) is 47.5 Å². The molecule has 0 heterocycles. The summed E-state index contributed by atoms with van der Waals surface area (Å²) in [6, 6.07) is 3.17. The summed E-state index contributed by atoms with van der Waals surface area (Å²) in [5.74, 6) is -0.0346. The molecule has 0 radical (unpaired) electrons. The number of halogens is 2. The van der Waals surface area contributed by atoms with Gasteiger partial charge in [-0.2, -0.15) is 0 Å². The van der Waals surface area contributed by atoms with E-state index in [1.165, 1.54) is 51.0 Å². The van der Waals surface area contributed by atoms with Crippen molar-refractivity contribution in [1.82, 2.24) is 0 Å². The lowest BCUT2D eigenvalue weighted by atomic mass is 9.70. The zero-order valence-corrected chi connectivity index (χ0v) is 17.5. The molecule has 2 fully saturated rings. The van der Waals surface area contributed by atoms with E-state index in [0.717, 1.165) is 55.6 Å². The number of esters is 1. The number of hydrogen-bond acceptors (Lipinski definition) is 2. The van der Waals surface area contributed by atoms with Crippen LogP contribution in [0.4, 0.5) is 8.78 Å². The van der Waals surface area contributed by atoms with Crippen LogP contribution in [0.2, 0.25) is 0 Å². The van der Waals surface area contributed by atoms with E-state index in [2.05, 4.69) is 19.1 Å². The van der Waals surface area contributed by atoms with Gasteiger partial charge in [0.15, 0.2) is 11.6 Å². The topological polar surface area (TPSA) is 26.3 Å². The predicted octanol–water partition coefficient (Wildman–Crippen LogP) is 7.23. The Kier molecular flexibility index (Phi) is 8.26. The molecule has 0 spiro atoms. The smallest absolute Gasteiger partial charge is 0.338 e. The standard InChI is InChI=1S/C25H34F2O2/c1-2-3-4-5-6-18-7-9-19(10-8-18)20-11-14-22(15-12-20)29-25(28)21-13-16-23(26)24(27)17-21/h2-3,13,16-20,22H,4-12,14-15H2,1H3/b3-2-/t18-,19-,20-,22-. The number of carbonyl (C=O) groups excluding carboxylic acids is 1. The lowest BCUT2D eigenvalue weighted by molar-refractivity contribution is 0.0109. The molecule has 0 amide bonds. The Labute approximate surface area is 173 Å². The molecule has 4 heteroatoms. The van der Waals surface area contributed by atoms with Gasteiger partial charge in [0.05, 0.1) is 5.56 Å². The second-order valence-corrected chi connectivity index (χ2v) is 8.85. The number of benzene rings is 1. The molecular weight excluding hydrogens is 370 g/mol. The van der Waals surface area contributed by atoms with Crippen molar-refractivity contribution in [2.75, 3.05) is 0 Å². The van der Waals surface area contributed by atoms with Gasteiger partial charge in [-0.25, -0.2) is 13.6 Å². The van der Waals surface area contributed by atoms with Crippen LogP contribution in [-0.2, 0) is 4.74 Å². The number of ether oxygens (including phenoxy) is 1. The third kappa shape index (κ3) is 6.38. The van der Waals surface area contributed by atoms with Gasteiger partial charge in [0.1, 0.15) is 6.10 Å². The molecule has 2 nitrogen and oxygen atoms in total. The van der Waals surface area contributed by atoms with Gasteiger partial charge in [-0.3, -0.25) is 0 Å². The summed E-state index contributed by atoms with van der Waals surface area (Å²) in [6.07, 6.45) is 17.6. The lowest BCUT2D eigenvalue weighted by Crippen LogP contribution is -2.29. The Balaban J connectivity index is 1.37. The van der Waals surface area contributed by atoms with Crippen molar-refractivity contribution < 1.29 is 18.3 Å². The highest BCUT2D eigenvalue weighted by Crippen LogP contribution is 2.41. The summed E-state index contributed by atoms with van der Waals surface area (Å²) in [5, 5.41) is 0. The van der Waals surface area contributed by atoms with Crippen molar-refractivity contribution in [1.29, 1.82) is 0 Å². The van der Waals surface area contributed by atoms with Gasteiger partial charge >= 0.3 is 5.97 Å². The Hall–Kier alpha value is -1.71. The van der Waals surface area contributed by atoms with Gasteiger partial charge < -0.3 is 4.74 Å². The maximum absolute atomic E-state index is 13.3. The van der Waals surface area contributed by atoms with Crippen LogP contribution in [0, 0.1) is 29.4 Å². The molecule has 1 aromatic carbocycles. The van der Waals surface area contributed by atoms with Gasteiger partial charge in [0, 0.05) is 0 Å². The van der Waals surface area contributed by atoms with Crippen molar-refractivity contribution >= 4 is 5.97 Å². The molecule has 1 aromatic rings. The van der Waals surface area contributed by atoms with Gasteiger partial charge in [0.25, 0.3) is 0 Å². The third-order valence-corrected chi connectivity index (χ3v) is 6.92. The fourth-order valence-corrected chi connectivity index (χ4v) is 5.16. The maximum Gasteiger partial charge on any atom is 0.338 e. The fraction of sp³-hybridized carbons (Fsp3) is 0.640. The van der Waals surface area contributed by atoms with E-state index in [0.29, 0.717) is 0 Å². The zero-order chi connectivity index (χ0) is 20.6. The molecule has 0 aromatic heterocycles. The average Bonchev–Trinajstić information content (AvgIpc) is 2.74. The SMILES string of the molecule is C/C=C\CCC[C@H]1CC[C@H]([C@H]2CC[C@H](OC(=O)c3ccc(F)c(F)c3)CC2)CC1. The zero-order valence-electron chi connectivity index (χ0n) is 17.5. The van der Waals surface area contributed by atoms with E-state index < -0.39 is 17.6 Å². The molecule has 2 aliphatic rings. The van der Waals surface area contributed by atoms with Gasteiger partial charge in [-0.1, -0.05) is 31.4 Å². The molecule has 160 valence electrons.